The van der Waals surface area contributed by atoms with E-state index < -0.39 is 0 Å². The van der Waals surface area contributed by atoms with E-state index in [0.717, 1.165) is 27.7 Å². The minimum atomic E-state index is 0.681. The number of rotatable bonds is 2. The maximum Gasteiger partial charge on any atom is 0.0755 e. The van der Waals surface area contributed by atoms with Gasteiger partial charge in [-0.15, -0.1) is 0 Å². The number of pyridine rings is 1. The van der Waals surface area contributed by atoms with E-state index in [1.807, 2.05) is 48.3 Å². The van der Waals surface area contributed by atoms with Crippen molar-refractivity contribution in [3.05, 3.63) is 60.0 Å². The van der Waals surface area contributed by atoms with Gasteiger partial charge in [-0.25, -0.2) is 4.68 Å². The molecule has 3 nitrogen and oxygen atoms in total. The lowest BCUT2D eigenvalue weighted by Crippen LogP contribution is -1.96. The predicted octanol–water partition coefficient (Wildman–Crippen LogP) is 4.11. The minimum absolute atomic E-state index is 0.681. The first-order valence-corrected chi connectivity index (χ1v) is 6.28. The molecule has 0 saturated heterocycles. The van der Waals surface area contributed by atoms with Crippen molar-refractivity contribution in [1.82, 2.24) is 14.8 Å². The number of nitrogens with zero attached hydrogens (tertiary/aromatic N) is 3. The fourth-order valence-electron chi connectivity index (χ4n) is 1.98. The molecule has 1 aromatic carbocycles. The molecule has 0 fully saturated rings. The van der Waals surface area contributed by atoms with Gasteiger partial charge in [-0.1, -0.05) is 18.2 Å². The standard InChI is InChI=1S/C15H12ClN3/c1-10(2)11-8-18-19(9-11)15-5-6-17-14-7-12(16)3-4-13(14)15/h3-9H,1H2,2H3. The Hall–Kier alpha value is -2.13. The van der Waals surface area contributed by atoms with Crippen molar-refractivity contribution in [2.45, 2.75) is 6.92 Å². The molecule has 4 heteroatoms. The van der Waals surface area contributed by atoms with E-state index >= 15 is 0 Å². The molecule has 2 aromatic heterocycles. The molecule has 0 saturated carbocycles. The Balaban J connectivity index is 2.21. The second-order valence-corrected chi connectivity index (χ2v) is 4.88. The van der Waals surface area contributed by atoms with Gasteiger partial charge < -0.3 is 0 Å². The van der Waals surface area contributed by atoms with E-state index in [2.05, 4.69) is 16.7 Å². The molecule has 0 unspecified atom stereocenters. The second kappa shape index (κ2) is 4.52. The summed E-state index contributed by atoms with van der Waals surface area (Å²) in [4.78, 5) is 4.33. The van der Waals surface area contributed by atoms with Crippen LogP contribution in [-0.2, 0) is 0 Å². The van der Waals surface area contributed by atoms with Crippen LogP contribution >= 0.6 is 11.6 Å². The molecule has 0 spiro atoms. The van der Waals surface area contributed by atoms with E-state index in [4.69, 9.17) is 11.6 Å². The van der Waals surface area contributed by atoms with Crippen LogP contribution in [0.3, 0.4) is 0 Å². The molecule has 0 bridgehead atoms. The van der Waals surface area contributed by atoms with Crippen LogP contribution in [0.4, 0.5) is 0 Å². The highest BCUT2D eigenvalue weighted by atomic mass is 35.5. The molecule has 2 heterocycles. The zero-order valence-electron chi connectivity index (χ0n) is 10.5. The Morgan fingerprint density at radius 1 is 1.32 bits per heavy atom. The zero-order valence-corrected chi connectivity index (χ0v) is 11.2. The summed E-state index contributed by atoms with van der Waals surface area (Å²) in [6.07, 6.45) is 5.53. The lowest BCUT2D eigenvalue weighted by molar-refractivity contribution is 0.886. The van der Waals surface area contributed by atoms with Crippen molar-refractivity contribution >= 4 is 28.1 Å². The first-order chi connectivity index (χ1) is 9.15. The number of halogens is 1. The molecule has 0 amide bonds. The van der Waals surface area contributed by atoms with E-state index in [1.54, 1.807) is 6.20 Å². The van der Waals surface area contributed by atoms with Gasteiger partial charge in [0.25, 0.3) is 0 Å². The summed E-state index contributed by atoms with van der Waals surface area (Å²) < 4.78 is 1.84. The number of hydrogen-bond donors (Lipinski definition) is 0. The smallest absolute Gasteiger partial charge is 0.0755 e. The number of hydrogen-bond acceptors (Lipinski definition) is 2. The monoisotopic (exact) mass is 269 g/mol. The molecule has 0 aliphatic rings. The van der Waals surface area contributed by atoms with Gasteiger partial charge in [-0.3, -0.25) is 4.98 Å². The molecule has 0 aliphatic carbocycles. The maximum atomic E-state index is 5.99. The summed E-state index contributed by atoms with van der Waals surface area (Å²) in [7, 11) is 0. The molecule has 0 N–H and O–H groups in total. The zero-order chi connectivity index (χ0) is 13.4. The van der Waals surface area contributed by atoms with Crippen molar-refractivity contribution in [2.75, 3.05) is 0 Å². The summed E-state index contributed by atoms with van der Waals surface area (Å²) >= 11 is 5.99. The van der Waals surface area contributed by atoms with Crippen molar-refractivity contribution in [3.8, 4) is 5.69 Å². The first kappa shape index (κ1) is 11.9. The summed E-state index contributed by atoms with van der Waals surface area (Å²) in [6.45, 7) is 5.89. The Morgan fingerprint density at radius 2 is 2.16 bits per heavy atom. The highest BCUT2D eigenvalue weighted by Gasteiger charge is 2.06. The van der Waals surface area contributed by atoms with Gasteiger partial charge in [0.2, 0.25) is 0 Å². The number of fused-ring (bicyclic) bond motifs is 1. The van der Waals surface area contributed by atoms with Gasteiger partial charge in [0, 0.05) is 28.4 Å². The van der Waals surface area contributed by atoms with Gasteiger partial charge in [-0.05, 0) is 36.8 Å². The second-order valence-electron chi connectivity index (χ2n) is 4.45. The third-order valence-corrected chi connectivity index (χ3v) is 3.24. The fraction of sp³-hybridized carbons (Fsp3) is 0.0667. The lowest BCUT2D eigenvalue weighted by Gasteiger charge is -2.06. The van der Waals surface area contributed by atoms with Crippen molar-refractivity contribution < 1.29 is 0 Å². The van der Waals surface area contributed by atoms with Gasteiger partial charge in [0.05, 0.1) is 17.4 Å². The predicted molar refractivity (Wildman–Crippen MR) is 78.6 cm³/mol. The molecule has 19 heavy (non-hydrogen) atoms. The molecule has 0 atom stereocenters. The maximum absolute atomic E-state index is 5.99. The molecular formula is C15H12ClN3. The van der Waals surface area contributed by atoms with Gasteiger partial charge in [0.1, 0.15) is 0 Å². The van der Waals surface area contributed by atoms with Gasteiger partial charge in [0.15, 0.2) is 0 Å². The number of allylic oxidation sites excluding steroid dienone is 1. The lowest BCUT2D eigenvalue weighted by atomic mass is 10.2. The third-order valence-electron chi connectivity index (χ3n) is 3.00. The van der Waals surface area contributed by atoms with Crippen LogP contribution in [0.5, 0.6) is 0 Å². The molecule has 3 rings (SSSR count). The summed E-state index contributed by atoms with van der Waals surface area (Å²) in [5.41, 5.74) is 3.86. The van der Waals surface area contributed by atoms with Crippen LogP contribution in [-0.4, -0.2) is 14.8 Å². The summed E-state index contributed by atoms with van der Waals surface area (Å²) in [5.74, 6) is 0. The Bertz CT molecular complexity index is 774. The topological polar surface area (TPSA) is 30.7 Å². The van der Waals surface area contributed by atoms with E-state index in [1.165, 1.54) is 0 Å². The highest BCUT2D eigenvalue weighted by molar-refractivity contribution is 6.31. The van der Waals surface area contributed by atoms with Crippen LogP contribution in [0.1, 0.15) is 12.5 Å². The molecular weight excluding hydrogens is 258 g/mol. The van der Waals surface area contributed by atoms with Crippen molar-refractivity contribution in [1.29, 1.82) is 0 Å². The quantitative estimate of drug-likeness (QED) is 0.701. The van der Waals surface area contributed by atoms with Gasteiger partial charge >= 0.3 is 0 Å². The van der Waals surface area contributed by atoms with Crippen LogP contribution in [0.2, 0.25) is 5.02 Å². The van der Waals surface area contributed by atoms with E-state index in [-0.39, 0.29) is 0 Å². The molecule has 94 valence electrons. The van der Waals surface area contributed by atoms with E-state index in [9.17, 15) is 0 Å². The summed E-state index contributed by atoms with van der Waals surface area (Å²) in [6, 6.07) is 7.61. The summed E-state index contributed by atoms with van der Waals surface area (Å²) in [5, 5.41) is 6.07. The Labute approximate surface area is 116 Å². The average Bonchev–Trinajstić information content (AvgIpc) is 2.87. The molecule has 0 radical (unpaired) electrons. The number of benzene rings is 1. The first-order valence-electron chi connectivity index (χ1n) is 5.90. The highest BCUT2D eigenvalue weighted by Crippen LogP contribution is 2.24. The minimum Gasteiger partial charge on any atom is -0.256 e. The van der Waals surface area contributed by atoms with Crippen LogP contribution in [0, 0.1) is 0 Å². The average molecular weight is 270 g/mol. The number of aromatic nitrogens is 3. The van der Waals surface area contributed by atoms with Crippen molar-refractivity contribution in [2.24, 2.45) is 0 Å². The Kier molecular flexibility index (Phi) is 2.84. The molecule has 3 aromatic rings. The Morgan fingerprint density at radius 3 is 2.89 bits per heavy atom. The molecule has 0 aliphatic heterocycles. The van der Waals surface area contributed by atoms with Crippen LogP contribution < -0.4 is 0 Å². The largest absolute Gasteiger partial charge is 0.256 e. The van der Waals surface area contributed by atoms with Crippen LogP contribution in [0.15, 0.2) is 49.4 Å². The SMILES string of the molecule is C=C(C)c1cnn(-c2ccnc3cc(Cl)ccc23)c1. The van der Waals surface area contributed by atoms with Crippen molar-refractivity contribution in [3.63, 3.8) is 0 Å². The van der Waals surface area contributed by atoms with E-state index in [0.29, 0.717) is 5.02 Å². The normalized spacial score (nSPS) is 10.8. The van der Waals surface area contributed by atoms with Crippen LogP contribution in [0.25, 0.3) is 22.2 Å². The third kappa shape index (κ3) is 2.13. The fourth-order valence-corrected chi connectivity index (χ4v) is 2.15. The van der Waals surface area contributed by atoms with Gasteiger partial charge in [-0.2, -0.15) is 5.10 Å².